The third kappa shape index (κ3) is 4.93. The molecule has 1 aliphatic heterocycles. The maximum absolute atomic E-state index is 12.2. The number of benzene rings is 2. The Morgan fingerprint density at radius 2 is 1.66 bits per heavy atom. The topological polar surface area (TPSA) is 77.5 Å². The number of aliphatic carboxylic acids is 1. The number of carbonyl (C=O) groups is 1. The zero-order chi connectivity index (χ0) is 23.1. The molecule has 0 spiro atoms. The minimum atomic E-state index is -0.820. The van der Waals surface area contributed by atoms with Gasteiger partial charge in [0.25, 0.3) is 0 Å². The monoisotopic (exact) mass is 443 g/mol. The molecule has 2 unspecified atom stereocenters. The van der Waals surface area contributed by atoms with Gasteiger partial charge in [-0.15, -0.1) is 0 Å². The molecule has 0 saturated carbocycles. The van der Waals surface area contributed by atoms with Crippen LogP contribution in [-0.2, 0) is 4.79 Å². The number of methoxy groups -OCH3 is 2. The first-order valence-electron chi connectivity index (χ1n) is 11.1. The van der Waals surface area contributed by atoms with Crippen molar-refractivity contribution in [2.24, 2.45) is 0 Å². The molecular weight excluding hydrogens is 410 g/mol. The van der Waals surface area contributed by atoms with Gasteiger partial charge >= 0.3 is 5.97 Å². The highest BCUT2D eigenvalue weighted by atomic mass is 16.5. The second-order valence-electron chi connectivity index (χ2n) is 7.64. The summed E-state index contributed by atoms with van der Waals surface area (Å²) >= 11 is 0. The minimum Gasteiger partial charge on any atom is -0.496 e. The molecule has 7 heteroatoms. The minimum absolute atomic E-state index is 0.391. The molecule has 2 atom stereocenters. The molecule has 0 radical (unpaired) electrons. The number of rotatable bonds is 10. The van der Waals surface area contributed by atoms with Crippen LogP contribution in [-0.4, -0.2) is 56.0 Å². The van der Waals surface area contributed by atoms with E-state index in [1.807, 2.05) is 55.1 Å². The lowest BCUT2D eigenvalue weighted by atomic mass is 9.90. The molecule has 1 fully saturated rings. The zero-order valence-electron chi connectivity index (χ0n) is 19.3. The van der Waals surface area contributed by atoms with Crippen LogP contribution < -0.4 is 18.9 Å². The molecule has 7 nitrogen and oxygen atoms in total. The van der Waals surface area contributed by atoms with Gasteiger partial charge in [-0.1, -0.05) is 18.6 Å². The van der Waals surface area contributed by atoms with Gasteiger partial charge in [0.2, 0.25) is 0 Å². The largest absolute Gasteiger partial charge is 0.496 e. The lowest BCUT2D eigenvalue weighted by molar-refractivity contribution is -0.145. The average molecular weight is 444 g/mol. The van der Waals surface area contributed by atoms with Crippen molar-refractivity contribution in [3.05, 3.63) is 47.5 Å². The highest BCUT2D eigenvalue weighted by Crippen LogP contribution is 2.45. The first-order chi connectivity index (χ1) is 15.5. The lowest BCUT2D eigenvalue weighted by Crippen LogP contribution is -2.47. The van der Waals surface area contributed by atoms with Gasteiger partial charge in [-0.3, -0.25) is 9.69 Å². The van der Waals surface area contributed by atoms with Gasteiger partial charge in [-0.05, 0) is 63.1 Å². The van der Waals surface area contributed by atoms with Crippen LogP contribution in [0.3, 0.4) is 0 Å². The molecule has 32 heavy (non-hydrogen) atoms. The second kappa shape index (κ2) is 11.1. The SMILES string of the molecule is CCOc1ccc(C(c2c(OC)cccc2OC)N2CCCCC2C(=O)O)cc1OCC. The number of piperidine rings is 1. The standard InChI is InChI=1S/C25H33NO6/c1-5-31-19-14-13-17(16-22(19)32-6-2)24(26-15-8-7-10-18(26)25(27)28)23-20(29-3)11-9-12-21(23)30-4/h9,11-14,16,18,24H,5-8,10,15H2,1-4H3,(H,27,28). The zero-order valence-corrected chi connectivity index (χ0v) is 19.3. The van der Waals surface area contributed by atoms with Crippen molar-refractivity contribution in [3.8, 4) is 23.0 Å². The molecule has 0 bridgehead atoms. The highest BCUT2D eigenvalue weighted by Gasteiger charge is 2.38. The van der Waals surface area contributed by atoms with E-state index in [1.165, 1.54) is 0 Å². The smallest absolute Gasteiger partial charge is 0.320 e. The third-order valence-electron chi connectivity index (χ3n) is 5.78. The van der Waals surface area contributed by atoms with Crippen LogP contribution in [0.15, 0.2) is 36.4 Å². The molecule has 1 N–H and O–H groups in total. The maximum atomic E-state index is 12.2. The van der Waals surface area contributed by atoms with E-state index in [1.54, 1.807) is 14.2 Å². The van der Waals surface area contributed by atoms with Crippen molar-refractivity contribution in [2.45, 2.75) is 45.2 Å². The summed E-state index contributed by atoms with van der Waals surface area (Å²) in [4.78, 5) is 14.2. The summed E-state index contributed by atoms with van der Waals surface area (Å²) in [6, 6.07) is 10.4. The number of nitrogens with zero attached hydrogens (tertiary/aromatic N) is 1. The summed E-state index contributed by atoms with van der Waals surface area (Å²) in [7, 11) is 3.23. The summed E-state index contributed by atoms with van der Waals surface area (Å²) in [5.41, 5.74) is 1.70. The fraction of sp³-hybridized carbons (Fsp3) is 0.480. The van der Waals surface area contributed by atoms with Crippen LogP contribution in [0.2, 0.25) is 0 Å². The normalized spacial score (nSPS) is 17.4. The Balaban J connectivity index is 2.23. The van der Waals surface area contributed by atoms with Crippen molar-refractivity contribution in [3.63, 3.8) is 0 Å². The summed E-state index contributed by atoms with van der Waals surface area (Å²) in [6.45, 7) is 5.52. The first-order valence-corrected chi connectivity index (χ1v) is 11.1. The quantitative estimate of drug-likeness (QED) is 0.578. The van der Waals surface area contributed by atoms with Crippen LogP contribution in [0.5, 0.6) is 23.0 Å². The Hall–Kier alpha value is -2.93. The maximum Gasteiger partial charge on any atom is 0.320 e. The molecule has 2 aromatic rings. The Labute approximate surface area is 189 Å². The van der Waals surface area contributed by atoms with E-state index in [2.05, 4.69) is 0 Å². The number of hydrogen-bond acceptors (Lipinski definition) is 6. The predicted octanol–water partition coefficient (Wildman–Crippen LogP) is 4.53. The number of carboxylic acid groups (broad SMARTS) is 1. The van der Waals surface area contributed by atoms with Crippen molar-refractivity contribution >= 4 is 5.97 Å². The van der Waals surface area contributed by atoms with Crippen LogP contribution in [0.25, 0.3) is 0 Å². The summed E-state index contributed by atoms with van der Waals surface area (Å²) in [5, 5.41) is 10.0. The summed E-state index contributed by atoms with van der Waals surface area (Å²) in [6.07, 6.45) is 2.41. The van der Waals surface area contributed by atoms with Gasteiger partial charge in [0.1, 0.15) is 17.5 Å². The highest BCUT2D eigenvalue weighted by molar-refractivity contribution is 5.74. The van der Waals surface area contributed by atoms with Crippen molar-refractivity contribution in [2.75, 3.05) is 34.0 Å². The number of hydrogen-bond donors (Lipinski definition) is 1. The van der Waals surface area contributed by atoms with Gasteiger partial charge in [0.05, 0.1) is 39.0 Å². The summed E-state index contributed by atoms with van der Waals surface area (Å²) in [5.74, 6) is 1.78. The second-order valence-corrected chi connectivity index (χ2v) is 7.64. The van der Waals surface area contributed by atoms with E-state index in [0.29, 0.717) is 49.2 Å². The van der Waals surface area contributed by atoms with E-state index in [9.17, 15) is 9.90 Å². The average Bonchev–Trinajstić information content (AvgIpc) is 2.81. The molecule has 1 aliphatic rings. The summed E-state index contributed by atoms with van der Waals surface area (Å²) < 4.78 is 23.0. The van der Waals surface area contributed by atoms with Crippen LogP contribution in [0.1, 0.15) is 50.3 Å². The lowest BCUT2D eigenvalue weighted by Gasteiger charge is -2.40. The Bertz CT molecular complexity index is 893. The van der Waals surface area contributed by atoms with Crippen molar-refractivity contribution < 1.29 is 28.8 Å². The molecule has 0 aliphatic carbocycles. The fourth-order valence-corrected chi connectivity index (χ4v) is 4.44. The van der Waals surface area contributed by atoms with Crippen molar-refractivity contribution in [1.29, 1.82) is 0 Å². The molecule has 3 rings (SSSR count). The molecule has 0 amide bonds. The molecule has 1 heterocycles. The molecule has 0 aromatic heterocycles. The van der Waals surface area contributed by atoms with E-state index in [4.69, 9.17) is 18.9 Å². The molecular formula is C25H33NO6. The van der Waals surface area contributed by atoms with Gasteiger partial charge in [0, 0.05) is 0 Å². The van der Waals surface area contributed by atoms with E-state index >= 15 is 0 Å². The van der Waals surface area contributed by atoms with Crippen molar-refractivity contribution in [1.82, 2.24) is 4.90 Å². The number of likely N-dealkylation sites (tertiary alicyclic amines) is 1. The molecule has 1 saturated heterocycles. The number of carboxylic acids is 1. The van der Waals surface area contributed by atoms with E-state index in [0.717, 1.165) is 24.0 Å². The Kier molecular flexibility index (Phi) is 8.22. The van der Waals surface area contributed by atoms with Crippen LogP contribution in [0, 0.1) is 0 Å². The third-order valence-corrected chi connectivity index (χ3v) is 5.78. The Morgan fingerprint density at radius 3 is 2.25 bits per heavy atom. The molecule has 174 valence electrons. The van der Waals surface area contributed by atoms with Gasteiger partial charge < -0.3 is 24.1 Å². The van der Waals surface area contributed by atoms with E-state index < -0.39 is 18.1 Å². The van der Waals surface area contributed by atoms with Crippen LogP contribution in [0.4, 0.5) is 0 Å². The predicted molar refractivity (Wildman–Crippen MR) is 122 cm³/mol. The van der Waals surface area contributed by atoms with E-state index in [-0.39, 0.29) is 0 Å². The first kappa shape index (κ1) is 23.7. The van der Waals surface area contributed by atoms with Crippen LogP contribution >= 0.6 is 0 Å². The molecule has 2 aromatic carbocycles. The van der Waals surface area contributed by atoms with Gasteiger partial charge in [-0.2, -0.15) is 0 Å². The Morgan fingerprint density at radius 1 is 1.00 bits per heavy atom. The fourth-order valence-electron chi connectivity index (χ4n) is 4.44. The number of ether oxygens (including phenoxy) is 4. The van der Waals surface area contributed by atoms with Gasteiger partial charge in [0.15, 0.2) is 11.5 Å². The van der Waals surface area contributed by atoms with Gasteiger partial charge in [-0.25, -0.2) is 0 Å².